The van der Waals surface area contributed by atoms with Gasteiger partial charge in [-0.1, -0.05) is 29.5 Å². The first kappa shape index (κ1) is 24.5. The monoisotopic (exact) mass is 496 g/mol. The third-order valence-electron chi connectivity index (χ3n) is 5.18. The van der Waals surface area contributed by atoms with Crippen molar-refractivity contribution in [2.75, 3.05) is 30.9 Å². The van der Waals surface area contributed by atoms with E-state index >= 15 is 0 Å². The molecule has 4 rings (SSSR count). The number of hydrogen-bond acceptors (Lipinski definition) is 7. The largest absolute Gasteiger partial charge is 0.496 e. The van der Waals surface area contributed by atoms with Crippen LogP contribution < -0.4 is 20.3 Å². The van der Waals surface area contributed by atoms with Gasteiger partial charge in [0.2, 0.25) is 16.0 Å². The second-order valence-corrected chi connectivity index (χ2v) is 10.1. The van der Waals surface area contributed by atoms with E-state index in [0.717, 1.165) is 22.7 Å². The fourth-order valence-electron chi connectivity index (χ4n) is 3.55. The van der Waals surface area contributed by atoms with Crippen molar-refractivity contribution >= 4 is 33.2 Å². The average Bonchev–Trinajstić information content (AvgIpc) is 3.37. The highest BCUT2D eigenvalue weighted by molar-refractivity contribution is 7.20. The Balaban J connectivity index is 1.53. The van der Waals surface area contributed by atoms with Crippen molar-refractivity contribution in [1.29, 1.82) is 0 Å². The summed E-state index contributed by atoms with van der Waals surface area (Å²) in [6.45, 7) is 6.65. The van der Waals surface area contributed by atoms with E-state index in [0.29, 0.717) is 22.3 Å². The molecule has 2 aromatic carbocycles. The number of anilines is 2. The van der Waals surface area contributed by atoms with Gasteiger partial charge in [0.25, 0.3) is 0 Å². The van der Waals surface area contributed by atoms with Crippen LogP contribution in [0.1, 0.15) is 26.3 Å². The Morgan fingerprint density at radius 3 is 2.57 bits per heavy atom. The molecule has 0 saturated heterocycles. The molecule has 0 unspecified atom stereocenters. The van der Waals surface area contributed by atoms with E-state index in [1.807, 2.05) is 52.1 Å². The van der Waals surface area contributed by atoms with Gasteiger partial charge >= 0.3 is 0 Å². The average molecular weight is 497 g/mol. The first-order chi connectivity index (χ1) is 16.6. The van der Waals surface area contributed by atoms with Gasteiger partial charge in [0.15, 0.2) is 5.82 Å². The van der Waals surface area contributed by atoms with Crippen LogP contribution in [-0.2, 0) is 11.3 Å². The number of likely N-dealkylation sites (N-methyl/N-ethyl adjacent to an activating group) is 1. The molecule has 8 nitrogen and oxygen atoms in total. The number of carbonyl (C=O) groups is 1. The first-order valence-electron chi connectivity index (χ1n) is 11.2. The van der Waals surface area contributed by atoms with Gasteiger partial charge in [-0.25, -0.2) is 9.37 Å². The van der Waals surface area contributed by atoms with Crippen molar-refractivity contribution in [2.24, 2.45) is 0 Å². The molecule has 2 heterocycles. The molecule has 0 aliphatic carbocycles. The van der Waals surface area contributed by atoms with Gasteiger partial charge in [0, 0.05) is 30.3 Å². The summed E-state index contributed by atoms with van der Waals surface area (Å²) in [5, 5.41) is 11.8. The highest BCUT2D eigenvalue weighted by atomic mass is 32.1. The summed E-state index contributed by atoms with van der Waals surface area (Å²) in [6, 6.07) is 13.8. The van der Waals surface area contributed by atoms with Crippen molar-refractivity contribution in [2.45, 2.75) is 32.9 Å². The maximum Gasteiger partial charge on any atom is 0.239 e. The number of imidazole rings is 1. The minimum absolute atomic E-state index is 0.133. The van der Waals surface area contributed by atoms with Gasteiger partial charge in [-0.3, -0.25) is 4.79 Å². The molecule has 184 valence electrons. The molecule has 0 atom stereocenters. The van der Waals surface area contributed by atoms with Crippen LogP contribution in [0.5, 0.6) is 5.75 Å². The number of aromatic nitrogens is 3. The lowest BCUT2D eigenvalue weighted by Gasteiger charge is -2.22. The quantitative estimate of drug-likeness (QED) is 0.372. The predicted octanol–water partition coefficient (Wildman–Crippen LogP) is 4.57. The maximum atomic E-state index is 13.5. The molecule has 2 N–H and O–H groups in total. The maximum absolute atomic E-state index is 13.5. The number of halogens is 1. The van der Waals surface area contributed by atoms with E-state index in [-0.39, 0.29) is 23.8 Å². The number of hydrogen-bond donors (Lipinski definition) is 2. The molecule has 0 aliphatic rings. The van der Waals surface area contributed by atoms with E-state index in [1.165, 1.54) is 23.5 Å². The Labute approximate surface area is 207 Å². The van der Waals surface area contributed by atoms with Gasteiger partial charge in [0.1, 0.15) is 17.3 Å². The van der Waals surface area contributed by atoms with E-state index in [4.69, 9.17) is 14.8 Å². The summed E-state index contributed by atoms with van der Waals surface area (Å²) in [7, 11) is 3.43. The fraction of sp³-hybridized carbons (Fsp3) is 0.320. The van der Waals surface area contributed by atoms with Gasteiger partial charge in [-0.15, -0.1) is 5.10 Å². The van der Waals surface area contributed by atoms with E-state index < -0.39 is 0 Å². The normalized spacial score (nSPS) is 11.5. The molecule has 0 spiro atoms. The topological polar surface area (TPSA) is 83.8 Å². The summed E-state index contributed by atoms with van der Waals surface area (Å²) in [5.41, 5.74) is 2.15. The third-order valence-corrected chi connectivity index (χ3v) is 6.20. The Morgan fingerprint density at radius 2 is 1.89 bits per heavy atom. The van der Waals surface area contributed by atoms with E-state index in [2.05, 4.69) is 10.6 Å². The molecular formula is C25H29FN6O2S. The van der Waals surface area contributed by atoms with Crippen LogP contribution in [0.4, 0.5) is 15.3 Å². The lowest BCUT2D eigenvalue weighted by Crippen LogP contribution is -2.35. The Kier molecular flexibility index (Phi) is 6.93. The molecule has 10 heteroatoms. The lowest BCUT2D eigenvalue weighted by molar-refractivity contribution is -0.119. The predicted molar refractivity (Wildman–Crippen MR) is 138 cm³/mol. The third kappa shape index (κ3) is 5.71. The van der Waals surface area contributed by atoms with Crippen LogP contribution in [0, 0.1) is 5.82 Å². The Bertz CT molecular complexity index is 1330. The molecule has 4 aromatic rings. The number of nitrogens with one attached hydrogen (secondary N) is 2. The molecule has 0 radical (unpaired) electrons. The number of methoxy groups -OCH3 is 1. The van der Waals surface area contributed by atoms with Crippen molar-refractivity contribution in [3.8, 4) is 17.0 Å². The molecule has 0 bridgehead atoms. The lowest BCUT2D eigenvalue weighted by atomic mass is 10.1. The number of ether oxygens (including phenoxy) is 1. The number of para-hydroxylation sites is 1. The van der Waals surface area contributed by atoms with Gasteiger partial charge < -0.3 is 20.3 Å². The molecule has 0 fully saturated rings. The summed E-state index contributed by atoms with van der Waals surface area (Å²) >= 11 is 1.38. The summed E-state index contributed by atoms with van der Waals surface area (Å²) in [6.07, 6.45) is 0. The number of carbonyl (C=O) groups excluding carboxylic acids is 1. The second-order valence-electron chi connectivity index (χ2n) is 9.21. The minimum Gasteiger partial charge on any atom is -0.496 e. The summed E-state index contributed by atoms with van der Waals surface area (Å²) in [4.78, 5) is 19.8. The molecule has 0 saturated carbocycles. The van der Waals surface area contributed by atoms with Gasteiger partial charge in [0.05, 0.1) is 13.7 Å². The second kappa shape index (κ2) is 9.91. The van der Waals surface area contributed by atoms with Crippen molar-refractivity contribution in [3.63, 3.8) is 0 Å². The van der Waals surface area contributed by atoms with E-state index in [9.17, 15) is 9.18 Å². The summed E-state index contributed by atoms with van der Waals surface area (Å²) < 4.78 is 20.5. The molecule has 35 heavy (non-hydrogen) atoms. The fourth-order valence-corrected chi connectivity index (χ4v) is 4.41. The zero-order valence-electron chi connectivity index (χ0n) is 20.4. The summed E-state index contributed by atoms with van der Waals surface area (Å²) in [5.74, 6) is 1.02. The van der Waals surface area contributed by atoms with Crippen molar-refractivity contribution in [3.05, 3.63) is 59.9 Å². The van der Waals surface area contributed by atoms with Crippen LogP contribution in [-0.4, -0.2) is 46.7 Å². The number of amides is 1. The molecular weight excluding hydrogens is 467 g/mol. The smallest absolute Gasteiger partial charge is 0.239 e. The number of nitrogens with zero attached hydrogens (tertiary/aromatic N) is 4. The number of rotatable bonds is 8. The van der Waals surface area contributed by atoms with Crippen LogP contribution in [0.25, 0.3) is 16.2 Å². The van der Waals surface area contributed by atoms with Crippen LogP contribution in [0.15, 0.2) is 48.5 Å². The highest BCUT2D eigenvalue weighted by Crippen LogP contribution is 2.34. The zero-order chi connectivity index (χ0) is 25.2. The van der Waals surface area contributed by atoms with Crippen LogP contribution in [0.2, 0.25) is 0 Å². The van der Waals surface area contributed by atoms with Crippen LogP contribution in [0.3, 0.4) is 0 Å². The standard InChI is InChI=1S/C25H29FN6O2S/c1-25(2,3)29-22-21(16-10-12-18(26)13-11-16)28-23-32(22)30-24(35-23)31(4)15-20(33)27-14-17-8-6-7-9-19(17)34-5/h6-13,29H,14-15H2,1-5H3,(H,27,33). The van der Waals surface area contributed by atoms with E-state index in [1.54, 1.807) is 28.7 Å². The Hall–Kier alpha value is -3.66. The first-order valence-corrected chi connectivity index (χ1v) is 12.0. The molecule has 0 aliphatic heterocycles. The highest BCUT2D eigenvalue weighted by Gasteiger charge is 2.23. The van der Waals surface area contributed by atoms with Crippen LogP contribution >= 0.6 is 11.3 Å². The van der Waals surface area contributed by atoms with Crippen molar-refractivity contribution in [1.82, 2.24) is 19.9 Å². The molecule has 1 amide bonds. The van der Waals surface area contributed by atoms with Crippen molar-refractivity contribution < 1.29 is 13.9 Å². The van der Waals surface area contributed by atoms with Gasteiger partial charge in [-0.05, 0) is 51.1 Å². The minimum atomic E-state index is -0.300. The zero-order valence-corrected chi connectivity index (χ0v) is 21.2. The molecule has 2 aromatic heterocycles. The number of fused-ring (bicyclic) bond motifs is 1. The van der Waals surface area contributed by atoms with Gasteiger partial charge in [-0.2, -0.15) is 4.52 Å². The SMILES string of the molecule is COc1ccccc1CNC(=O)CN(C)c1nn2c(NC(C)(C)C)c(-c3ccc(F)cc3)nc2s1. The number of benzene rings is 2. The Morgan fingerprint density at radius 1 is 1.17 bits per heavy atom.